The Kier molecular flexibility index (Phi) is 7.43. The molecule has 1 aromatic rings. The van der Waals surface area contributed by atoms with Crippen LogP contribution in [0.15, 0.2) is 18.2 Å². The van der Waals surface area contributed by atoms with Crippen LogP contribution in [0, 0.1) is 5.82 Å². The molecule has 0 amide bonds. The number of hydrogen-bond donors (Lipinski definition) is 1. The summed E-state index contributed by atoms with van der Waals surface area (Å²) in [5, 5.41) is 0. The van der Waals surface area contributed by atoms with Crippen molar-refractivity contribution in [2.24, 2.45) is 5.73 Å². The minimum atomic E-state index is -0.356. The van der Waals surface area contributed by atoms with Crippen molar-refractivity contribution in [2.45, 2.75) is 13.0 Å². The van der Waals surface area contributed by atoms with Gasteiger partial charge in [0.2, 0.25) is 0 Å². The molecular formula is C14H21FN2O2S. The normalized spacial score (nSPS) is 10.8. The fourth-order valence-electron chi connectivity index (χ4n) is 1.83. The highest BCUT2D eigenvalue weighted by atomic mass is 32.1. The van der Waals surface area contributed by atoms with Crippen molar-refractivity contribution in [2.75, 3.05) is 33.9 Å². The molecule has 1 aromatic carbocycles. The molecule has 6 heteroatoms. The van der Waals surface area contributed by atoms with Gasteiger partial charge in [-0.2, -0.15) is 0 Å². The molecule has 0 aliphatic rings. The average molecular weight is 300 g/mol. The minimum absolute atomic E-state index is 0.250. The summed E-state index contributed by atoms with van der Waals surface area (Å²) in [5.74, 6) is -0.105. The topological polar surface area (TPSA) is 47.7 Å². The van der Waals surface area contributed by atoms with Gasteiger partial charge in [-0.1, -0.05) is 18.3 Å². The molecule has 0 saturated carbocycles. The summed E-state index contributed by atoms with van der Waals surface area (Å²) in [5.41, 5.74) is 6.40. The first kappa shape index (κ1) is 16.8. The summed E-state index contributed by atoms with van der Waals surface area (Å²) in [6.45, 7) is 2.70. The Hall–Kier alpha value is -1.24. The van der Waals surface area contributed by atoms with Crippen LogP contribution >= 0.6 is 12.2 Å². The third kappa shape index (κ3) is 5.81. The van der Waals surface area contributed by atoms with Crippen molar-refractivity contribution < 1.29 is 13.9 Å². The van der Waals surface area contributed by atoms with Crippen molar-refractivity contribution in [1.29, 1.82) is 0 Å². The molecule has 4 nitrogen and oxygen atoms in total. The molecule has 0 aromatic heterocycles. The van der Waals surface area contributed by atoms with Gasteiger partial charge in [-0.3, -0.25) is 4.90 Å². The van der Waals surface area contributed by atoms with Crippen molar-refractivity contribution in [1.82, 2.24) is 4.90 Å². The maximum absolute atomic E-state index is 13.7. The highest BCUT2D eigenvalue weighted by molar-refractivity contribution is 7.80. The lowest BCUT2D eigenvalue weighted by molar-refractivity contribution is 0.146. The van der Waals surface area contributed by atoms with Gasteiger partial charge in [-0.05, 0) is 17.7 Å². The Morgan fingerprint density at radius 3 is 2.65 bits per heavy atom. The summed E-state index contributed by atoms with van der Waals surface area (Å²) in [7, 11) is 3.10. The Bertz CT molecular complexity index is 443. The van der Waals surface area contributed by atoms with Gasteiger partial charge in [0.25, 0.3) is 0 Å². The van der Waals surface area contributed by atoms with Gasteiger partial charge >= 0.3 is 0 Å². The third-order valence-corrected chi connectivity index (χ3v) is 3.11. The first-order valence-electron chi connectivity index (χ1n) is 6.38. The van der Waals surface area contributed by atoms with Crippen LogP contribution in [0.4, 0.5) is 4.39 Å². The second-order valence-corrected chi connectivity index (χ2v) is 4.98. The van der Waals surface area contributed by atoms with Gasteiger partial charge in [0.1, 0.15) is 0 Å². The molecule has 2 N–H and O–H groups in total. The molecule has 0 aliphatic heterocycles. The fraction of sp³-hybridized carbons (Fsp3) is 0.500. The van der Waals surface area contributed by atoms with Crippen LogP contribution in [0.1, 0.15) is 12.0 Å². The summed E-state index contributed by atoms with van der Waals surface area (Å²) >= 11 is 4.89. The first-order valence-corrected chi connectivity index (χ1v) is 6.79. The largest absolute Gasteiger partial charge is 0.494 e. The van der Waals surface area contributed by atoms with E-state index in [0.717, 1.165) is 18.7 Å². The van der Waals surface area contributed by atoms with E-state index < -0.39 is 0 Å². The Balaban J connectivity index is 2.67. The number of hydrogen-bond acceptors (Lipinski definition) is 4. The number of rotatable bonds is 9. The molecule has 0 spiro atoms. The van der Waals surface area contributed by atoms with Gasteiger partial charge in [0.15, 0.2) is 11.6 Å². The van der Waals surface area contributed by atoms with Crippen LogP contribution in [0.25, 0.3) is 0 Å². The summed E-state index contributed by atoms with van der Waals surface area (Å²) < 4.78 is 23.6. The molecule has 0 radical (unpaired) electrons. The molecule has 0 atom stereocenters. The van der Waals surface area contributed by atoms with E-state index >= 15 is 0 Å². The van der Waals surface area contributed by atoms with E-state index in [0.29, 0.717) is 24.6 Å². The Morgan fingerprint density at radius 1 is 1.35 bits per heavy atom. The number of benzene rings is 1. The van der Waals surface area contributed by atoms with Gasteiger partial charge < -0.3 is 15.2 Å². The molecule has 0 bridgehead atoms. The van der Waals surface area contributed by atoms with Crippen LogP contribution in [-0.4, -0.2) is 43.8 Å². The van der Waals surface area contributed by atoms with E-state index in [2.05, 4.69) is 4.90 Å². The lowest BCUT2D eigenvalue weighted by atomic mass is 10.2. The summed E-state index contributed by atoms with van der Waals surface area (Å²) in [6.07, 6.45) is 0.637. The molecular weight excluding hydrogens is 279 g/mol. The van der Waals surface area contributed by atoms with E-state index in [1.807, 2.05) is 6.07 Å². The quantitative estimate of drug-likeness (QED) is 0.707. The number of nitrogens with two attached hydrogens (primary N) is 1. The van der Waals surface area contributed by atoms with E-state index in [1.54, 1.807) is 13.2 Å². The zero-order valence-electron chi connectivity index (χ0n) is 11.9. The molecule has 0 saturated heterocycles. The molecule has 0 fully saturated rings. The number of methoxy groups -OCH3 is 2. The van der Waals surface area contributed by atoms with Crippen LogP contribution in [0.5, 0.6) is 5.75 Å². The van der Waals surface area contributed by atoms with Crippen LogP contribution in [0.2, 0.25) is 0 Å². The number of ether oxygens (including phenoxy) is 2. The van der Waals surface area contributed by atoms with Crippen LogP contribution in [0.3, 0.4) is 0 Å². The number of halogens is 1. The zero-order chi connectivity index (χ0) is 15.0. The molecule has 0 unspecified atom stereocenters. The monoisotopic (exact) mass is 300 g/mol. The lowest BCUT2D eigenvalue weighted by Crippen LogP contribution is -2.30. The lowest BCUT2D eigenvalue weighted by Gasteiger charge is -2.22. The maximum atomic E-state index is 13.7. The zero-order valence-corrected chi connectivity index (χ0v) is 12.7. The first-order chi connectivity index (χ1) is 9.56. The number of nitrogens with zero attached hydrogens (tertiary/aromatic N) is 1. The predicted molar refractivity (Wildman–Crippen MR) is 81.5 cm³/mol. The Morgan fingerprint density at radius 2 is 2.10 bits per heavy atom. The van der Waals surface area contributed by atoms with E-state index in [1.165, 1.54) is 13.2 Å². The second kappa shape index (κ2) is 8.84. The van der Waals surface area contributed by atoms with Crippen LogP contribution in [-0.2, 0) is 11.3 Å². The maximum Gasteiger partial charge on any atom is 0.165 e. The van der Waals surface area contributed by atoms with Gasteiger partial charge in [-0.15, -0.1) is 0 Å². The molecule has 0 aliphatic carbocycles. The van der Waals surface area contributed by atoms with Crippen molar-refractivity contribution in [3.05, 3.63) is 29.6 Å². The van der Waals surface area contributed by atoms with Crippen molar-refractivity contribution in [3.8, 4) is 5.75 Å². The van der Waals surface area contributed by atoms with Gasteiger partial charge in [0.05, 0.1) is 18.7 Å². The summed E-state index contributed by atoms with van der Waals surface area (Å²) in [6, 6.07) is 4.97. The van der Waals surface area contributed by atoms with E-state index in [9.17, 15) is 4.39 Å². The van der Waals surface area contributed by atoms with Gasteiger partial charge in [-0.25, -0.2) is 4.39 Å². The van der Waals surface area contributed by atoms with Gasteiger partial charge in [0, 0.05) is 33.2 Å². The van der Waals surface area contributed by atoms with E-state index in [4.69, 9.17) is 27.4 Å². The minimum Gasteiger partial charge on any atom is -0.494 e. The van der Waals surface area contributed by atoms with Crippen molar-refractivity contribution in [3.63, 3.8) is 0 Å². The van der Waals surface area contributed by atoms with Crippen molar-refractivity contribution >= 4 is 17.2 Å². The fourth-order valence-corrected chi connectivity index (χ4v) is 1.92. The molecule has 1 rings (SSSR count). The van der Waals surface area contributed by atoms with E-state index in [-0.39, 0.29) is 11.6 Å². The smallest absolute Gasteiger partial charge is 0.165 e. The third-order valence-electron chi connectivity index (χ3n) is 2.91. The molecule has 112 valence electrons. The highest BCUT2D eigenvalue weighted by Gasteiger charge is 2.09. The molecule has 20 heavy (non-hydrogen) atoms. The molecule has 0 heterocycles. The standard InChI is InChI=1S/C14H21FN2O2S/c1-18-8-7-17(6-5-14(16)20)10-11-3-4-13(19-2)12(15)9-11/h3-4,9H,5-8,10H2,1-2H3,(H2,16,20). The highest BCUT2D eigenvalue weighted by Crippen LogP contribution is 2.18. The predicted octanol–water partition coefficient (Wildman–Crippen LogP) is 1.96. The summed E-state index contributed by atoms with van der Waals surface area (Å²) in [4.78, 5) is 2.61. The number of thiocarbonyl (C=S) groups is 1. The average Bonchev–Trinajstić information content (AvgIpc) is 2.42. The van der Waals surface area contributed by atoms with Crippen LogP contribution < -0.4 is 10.5 Å². The second-order valence-electron chi connectivity index (χ2n) is 4.45. The SMILES string of the molecule is COCCN(CCC(N)=S)Cc1ccc(OC)c(F)c1. The Labute approximate surface area is 124 Å².